The Labute approximate surface area is 108 Å². The second-order valence-corrected chi connectivity index (χ2v) is 5.66. The number of aliphatic imine (C=N–C) groups is 1. The lowest BCUT2D eigenvalue weighted by atomic mass is 9.84. The van der Waals surface area contributed by atoms with Gasteiger partial charge in [0.25, 0.3) is 5.91 Å². The van der Waals surface area contributed by atoms with Crippen LogP contribution < -0.4 is 10.6 Å². The summed E-state index contributed by atoms with van der Waals surface area (Å²) in [7, 11) is 0. The van der Waals surface area contributed by atoms with Gasteiger partial charge in [0, 0.05) is 6.54 Å². The van der Waals surface area contributed by atoms with Crippen LogP contribution in [0.2, 0.25) is 0 Å². The summed E-state index contributed by atoms with van der Waals surface area (Å²) in [5.41, 5.74) is -2.94. The highest BCUT2D eigenvalue weighted by Crippen LogP contribution is 2.52. The number of hydrogen-bond acceptors (Lipinski definition) is 3. The second-order valence-electron chi connectivity index (χ2n) is 5.66. The number of hydrogen-bond donors (Lipinski definition) is 2. The fourth-order valence-corrected chi connectivity index (χ4v) is 3.34. The predicted octanol–water partition coefficient (Wildman–Crippen LogP) is 1.37. The van der Waals surface area contributed by atoms with Gasteiger partial charge >= 0.3 is 6.18 Å². The van der Waals surface area contributed by atoms with Gasteiger partial charge in [-0.25, -0.2) is 0 Å². The van der Waals surface area contributed by atoms with Crippen LogP contribution in [0.1, 0.15) is 32.1 Å². The van der Waals surface area contributed by atoms with Crippen LogP contribution in [-0.2, 0) is 4.79 Å². The van der Waals surface area contributed by atoms with E-state index >= 15 is 0 Å². The molecule has 0 aromatic rings. The minimum absolute atomic E-state index is 0.0269. The van der Waals surface area contributed by atoms with Gasteiger partial charge < -0.3 is 10.6 Å². The zero-order chi connectivity index (χ0) is 13.7. The third kappa shape index (κ3) is 1.70. The number of halogens is 3. The Morgan fingerprint density at radius 1 is 1.16 bits per heavy atom. The average Bonchev–Trinajstić information content (AvgIpc) is 3.02. The first-order valence-corrected chi connectivity index (χ1v) is 6.59. The van der Waals surface area contributed by atoms with Crippen LogP contribution in [0.25, 0.3) is 0 Å². The largest absolute Gasteiger partial charge is 0.401 e. The third-order valence-electron chi connectivity index (χ3n) is 4.57. The molecule has 2 aliphatic heterocycles. The first-order valence-electron chi connectivity index (χ1n) is 6.59. The molecule has 1 saturated carbocycles. The molecule has 1 unspecified atom stereocenters. The van der Waals surface area contributed by atoms with Crippen molar-refractivity contribution in [1.29, 1.82) is 0 Å². The lowest BCUT2D eigenvalue weighted by Crippen LogP contribution is -2.49. The highest BCUT2D eigenvalue weighted by molar-refractivity contribution is 6.11. The van der Waals surface area contributed by atoms with E-state index in [9.17, 15) is 18.0 Å². The maximum Gasteiger partial charge on any atom is 0.401 e. The van der Waals surface area contributed by atoms with E-state index in [1.807, 2.05) is 0 Å². The SMILES string of the molecule is O=C1NC(C2(C(F)(F)F)CCCC2)=NC12CCNC2. The zero-order valence-electron chi connectivity index (χ0n) is 10.4. The molecule has 1 aliphatic carbocycles. The van der Waals surface area contributed by atoms with Crippen LogP contribution in [0.15, 0.2) is 4.99 Å². The summed E-state index contributed by atoms with van der Waals surface area (Å²) in [5.74, 6) is -0.533. The molecule has 1 spiro atoms. The predicted molar refractivity (Wildman–Crippen MR) is 62.8 cm³/mol. The van der Waals surface area contributed by atoms with E-state index in [2.05, 4.69) is 15.6 Å². The smallest absolute Gasteiger partial charge is 0.314 e. The van der Waals surface area contributed by atoms with Crippen molar-refractivity contribution in [2.24, 2.45) is 10.4 Å². The molecule has 0 aromatic heterocycles. The molecule has 4 nitrogen and oxygen atoms in total. The van der Waals surface area contributed by atoms with Crippen molar-refractivity contribution in [3.63, 3.8) is 0 Å². The maximum atomic E-state index is 13.4. The highest BCUT2D eigenvalue weighted by Gasteiger charge is 2.62. The van der Waals surface area contributed by atoms with Crippen molar-refractivity contribution in [2.75, 3.05) is 13.1 Å². The van der Waals surface area contributed by atoms with Gasteiger partial charge in [0.2, 0.25) is 0 Å². The number of alkyl halides is 3. The molecule has 0 aromatic carbocycles. The molecule has 7 heteroatoms. The van der Waals surface area contributed by atoms with Crippen molar-refractivity contribution in [1.82, 2.24) is 10.6 Å². The van der Waals surface area contributed by atoms with Crippen LogP contribution >= 0.6 is 0 Å². The first kappa shape index (κ1) is 12.9. The molecule has 2 N–H and O–H groups in total. The number of carbonyl (C=O) groups is 1. The minimum atomic E-state index is -4.35. The first-order chi connectivity index (χ1) is 8.90. The van der Waals surface area contributed by atoms with Crippen LogP contribution in [0.4, 0.5) is 13.2 Å². The minimum Gasteiger partial charge on any atom is -0.314 e. The van der Waals surface area contributed by atoms with Gasteiger partial charge in [-0.3, -0.25) is 9.79 Å². The quantitative estimate of drug-likeness (QED) is 0.759. The molecule has 1 atom stereocenters. The highest BCUT2D eigenvalue weighted by atomic mass is 19.4. The van der Waals surface area contributed by atoms with Crippen molar-refractivity contribution < 1.29 is 18.0 Å². The summed E-state index contributed by atoms with van der Waals surface area (Å²) in [5, 5.41) is 5.43. The van der Waals surface area contributed by atoms with Crippen molar-refractivity contribution in [3.8, 4) is 0 Å². The summed E-state index contributed by atoms with van der Waals surface area (Å²) in [6, 6.07) is 0. The third-order valence-corrected chi connectivity index (χ3v) is 4.57. The number of nitrogens with zero attached hydrogens (tertiary/aromatic N) is 1. The van der Waals surface area contributed by atoms with Crippen molar-refractivity contribution >= 4 is 11.7 Å². The van der Waals surface area contributed by atoms with E-state index in [-0.39, 0.29) is 24.6 Å². The Bertz CT molecular complexity index is 432. The van der Waals surface area contributed by atoms with Gasteiger partial charge in [0.15, 0.2) is 5.54 Å². The molecular formula is C12H16F3N3O. The summed E-state index contributed by atoms with van der Waals surface area (Å²) in [6.45, 7) is 0.944. The van der Waals surface area contributed by atoms with E-state index in [1.54, 1.807) is 0 Å². The van der Waals surface area contributed by atoms with Gasteiger partial charge in [-0.2, -0.15) is 13.2 Å². The number of rotatable bonds is 1. The molecular weight excluding hydrogens is 259 g/mol. The topological polar surface area (TPSA) is 53.5 Å². The number of amides is 1. The fourth-order valence-electron chi connectivity index (χ4n) is 3.34. The van der Waals surface area contributed by atoms with E-state index in [0.29, 0.717) is 32.4 Å². The van der Waals surface area contributed by atoms with E-state index in [4.69, 9.17) is 0 Å². The van der Waals surface area contributed by atoms with E-state index in [1.165, 1.54) is 0 Å². The second kappa shape index (κ2) is 3.94. The van der Waals surface area contributed by atoms with Crippen LogP contribution in [-0.4, -0.2) is 36.5 Å². The molecule has 19 heavy (non-hydrogen) atoms. The van der Waals surface area contributed by atoms with Gasteiger partial charge in [0.05, 0.1) is 0 Å². The fraction of sp³-hybridized carbons (Fsp3) is 0.833. The number of amidine groups is 1. The van der Waals surface area contributed by atoms with E-state index in [0.717, 1.165) is 0 Å². The number of carbonyl (C=O) groups excluding carboxylic acids is 1. The zero-order valence-corrected chi connectivity index (χ0v) is 10.4. The Morgan fingerprint density at radius 2 is 1.84 bits per heavy atom. The van der Waals surface area contributed by atoms with Crippen LogP contribution in [0.5, 0.6) is 0 Å². The summed E-state index contributed by atoms with van der Waals surface area (Å²) in [4.78, 5) is 16.2. The summed E-state index contributed by atoms with van der Waals surface area (Å²) in [6.07, 6.45) is -2.78. The molecule has 2 fully saturated rings. The van der Waals surface area contributed by atoms with Gasteiger partial charge in [-0.05, 0) is 25.8 Å². The Kier molecular flexibility index (Phi) is 2.68. The molecule has 2 heterocycles. The monoisotopic (exact) mass is 275 g/mol. The summed E-state index contributed by atoms with van der Waals surface area (Å²) >= 11 is 0. The molecule has 0 bridgehead atoms. The normalized spacial score (nSPS) is 33.8. The van der Waals surface area contributed by atoms with Gasteiger partial charge in [-0.1, -0.05) is 12.8 Å². The standard InChI is InChI=1S/C12H16F3N3O/c13-12(14,15)10(3-1-2-4-10)8-17-9(19)11(18-8)5-6-16-7-11/h16H,1-7H2,(H,17,18,19). The molecule has 1 amide bonds. The Morgan fingerprint density at radius 3 is 2.37 bits per heavy atom. The van der Waals surface area contributed by atoms with Crippen molar-refractivity contribution in [3.05, 3.63) is 0 Å². The lowest BCUT2D eigenvalue weighted by Gasteiger charge is -2.31. The van der Waals surface area contributed by atoms with Crippen LogP contribution in [0, 0.1) is 5.41 Å². The Hall–Kier alpha value is -1.11. The maximum absolute atomic E-state index is 13.4. The van der Waals surface area contributed by atoms with Crippen LogP contribution in [0.3, 0.4) is 0 Å². The average molecular weight is 275 g/mol. The molecule has 3 aliphatic rings. The molecule has 0 radical (unpaired) electrons. The Balaban J connectivity index is 1.99. The lowest BCUT2D eigenvalue weighted by molar-refractivity contribution is -0.196. The van der Waals surface area contributed by atoms with Crippen molar-refractivity contribution in [2.45, 2.75) is 43.8 Å². The van der Waals surface area contributed by atoms with E-state index < -0.39 is 17.1 Å². The molecule has 3 rings (SSSR count). The molecule has 1 saturated heterocycles. The van der Waals surface area contributed by atoms with Gasteiger partial charge in [-0.15, -0.1) is 0 Å². The van der Waals surface area contributed by atoms with Gasteiger partial charge in [0.1, 0.15) is 11.3 Å². The number of nitrogens with one attached hydrogen (secondary N) is 2. The molecule has 106 valence electrons. The summed E-state index contributed by atoms with van der Waals surface area (Å²) < 4.78 is 40.3.